The van der Waals surface area contributed by atoms with Crippen molar-refractivity contribution in [1.82, 2.24) is 14.9 Å². The van der Waals surface area contributed by atoms with Gasteiger partial charge in [-0.2, -0.15) is 0 Å². The van der Waals surface area contributed by atoms with Crippen LogP contribution < -0.4 is 5.32 Å². The number of halogens is 1. The molecule has 0 aliphatic heterocycles. The van der Waals surface area contributed by atoms with Gasteiger partial charge in [0.15, 0.2) is 0 Å². The first-order chi connectivity index (χ1) is 10.2. The summed E-state index contributed by atoms with van der Waals surface area (Å²) in [6, 6.07) is 11.1. The minimum absolute atomic E-state index is 0.322. The number of hydrogen-bond acceptors (Lipinski definition) is 3. The van der Waals surface area contributed by atoms with Crippen molar-refractivity contribution in [2.75, 3.05) is 0 Å². The van der Waals surface area contributed by atoms with E-state index in [-0.39, 0.29) is 0 Å². The third kappa shape index (κ3) is 3.61. The van der Waals surface area contributed by atoms with E-state index in [4.69, 9.17) is 0 Å². The van der Waals surface area contributed by atoms with Crippen LogP contribution in [-0.4, -0.2) is 9.55 Å². The monoisotopic (exact) mass is 361 g/mol. The Morgan fingerprint density at radius 3 is 2.76 bits per heavy atom. The van der Waals surface area contributed by atoms with Crippen LogP contribution in [-0.2, 0) is 6.54 Å². The van der Waals surface area contributed by atoms with Crippen molar-refractivity contribution in [2.45, 2.75) is 19.5 Å². The van der Waals surface area contributed by atoms with Gasteiger partial charge in [-0.25, -0.2) is 4.98 Å². The molecule has 0 saturated carbocycles. The number of imidazole rings is 1. The van der Waals surface area contributed by atoms with Crippen LogP contribution in [0.4, 0.5) is 0 Å². The van der Waals surface area contributed by atoms with Gasteiger partial charge >= 0.3 is 0 Å². The molecule has 0 spiro atoms. The second-order valence-electron chi connectivity index (χ2n) is 4.90. The van der Waals surface area contributed by atoms with Crippen LogP contribution in [0.3, 0.4) is 0 Å². The first kappa shape index (κ1) is 14.5. The molecular weight excluding hydrogens is 346 g/mol. The average Bonchev–Trinajstić information content (AvgIpc) is 3.16. The molecule has 1 N–H and O–H groups in total. The van der Waals surface area contributed by atoms with Crippen molar-refractivity contribution < 1.29 is 0 Å². The molecule has 108 valence electrons. The first-order valence-electron chi connectivity index (χ1n) is 6.77. The van der Waals surface area contributed by atoms with Gasteiger partial charge in [0, 0.05) is 45.4 Å². The molecule has 1 atom stereocenters. The van der Waals surface area contributed by atoms with Gasteiger partial charge in [0.05, 0.1) is 6.33 Å². The largest absolute Gasteiger partial charge is 0.306 e. The lowest BCUT2D eigenvalue weighted by Gasteiger charge is -2.14. The molecule has 3 rings (SSSR count). The number of rotatable bonds is 5. The lowest BCUT2D eigenvalue weighted by molar-refractivity contribution is 0.579. The zero-order chi connectivity index (χ0) is 14.7. The van der Waals surface area contributed by atoms with Gasteiger partial charge < -0.3 is 9.88 Å². The normalized spacial score (nSPS) is 12.5. The highest BCUT2D eigenvalue weighted by Crippen LogP contribution is 2.21. The molecule has 0 amide bonds. The maximum atomic E-state index is 4.07. The summed E-state index contributed by atoms with van der Waals surface area (Å²) in [4.78, 5) is 5.41. The highest BCUT2D eigenvalue weighted by molar-refractivity contribution is 9.10. The summed E-state index contributed by atoms with van der Waals surface area (Å²) in [5, 5.41) is 5.67. The van der Waals surface area contributed by atoms with Crippen molar-refractivity contribution in [3.63, 3.8) is 0 Å². The molecule has 0 aliphatic carbocycles. The molecular formula is C16H16BrN3S. The van der Waals surface area contributed by atoms with Crippen LogP contribution >= 0.6 is 27.3 Å². The lowest BCUT2D eigenvalue weighted by Crippen LogP contribution is -2.17. The fourth-order valence-electron chi connectivity index (χ4n) is 2.17. The third-order valence-electron chi connectivity index (χ3n) is 3.40. The first-order valence-corrected chi connectivity index (χ1v) is 8.44. The number of nitrogens with zero attached hydrogens (tertiary/aromatic N) is 2. The Labute approximate surface area is 136 Å². The molecule has 1 unspecified atom stereocenters. The summed E-state index contributed by atoms with van der Waals surface area (Å²) in [5.41, 5.74) is 2.42. The lowest BCUT2D eigenvalue weighted by atomic mass is 10.1. The Kier molecular flexibility index (Phi) is 4.53. The van der Waals surface area contributed by atoms with Crippen LogP contribution in [0.1, 0.15) is 23.4 Å². The van der Waals surface area contributed by atoms with Crippen LogP contribution in [0.5, 0.6) is 0 Å². The zero-order valence-electron chi connectivity index (χ0n) is 11.7. The number of benzene rings is 1. The summed E-state index contributed by atoms with van der Waals surface area (Å²) in [5.74, 6) is 0. The van der Waals surface area contributed by atoms with E-state index >= 15 is 0 Å². The Morgan fingerprint density at radius 1 is 1.33 bits per heavy atom. The van der Waals surface area contributed by atoms with Gasteiger partial charge in [0.1, 0.15) is 0 Å². The highest BCUT2D eigenvalue weighted by Gasteiger charge is 2.06. The molecule has 2 heterocycles. The smallest absolute Gasteiger partial charge is 0.0991 e. The van der Waals surface area contributed by atoms with Gasteiger partial charge in [-0.1, -0.05) is 12.1 Å². The Hall–Kier alpha value is -1.43. The van der Waals surface area contributed by atoms with Crippen LogP contribution in [0.2, 0.25) is 0 Å². The molecule has 0 bridgehead atoms. The number of aromatic nitrogens is 2. The summed E-state index contributed by atoms with van der Waals surface area (Å²) in [6.45, 7) is 3.08. The molecule has 0 radical (unpaired) electrons. The maximum absolute atomic E-state index is 4.07. The van der Waals surface area contributed by atoms with Crippen molar-refractivity contribution in [3.8, 4) is 5.69 Å². The molecule has 21 heavy (non-hydrogen) atoms. The fraction of sp³-hybridized carbons (Fsp3) is 0.188. The van der Waals surface area contributed by atoms with Crippen LogP contribution in [0.25, 0.3) is 5.69 Å². The topological polar surface area (TPSA) is 29.9 Å². The van der Waals surface area contributed by atoms with E-state index in [0.717, 1.165) is 16.7 Å². The summed E-state index contributed by atoms with van der Waals surface area (Å²) in [6.07, 6.45) is 5.55. The standard InChI is InChI=1S/C16H16BrN3S/c1-12(19-9-16-8-14(17)10-21-16)13-2-4-15(5-3-13)20-7-6-18-11-20/h2-8,10-12,19H,9H2,1H3. The van der Waals surface area contributed by atoms with Gasteiger partial charge in [-0.05, 0) is 46.6 Å². The summed E-state index contributed by atoms with van der Waals surface area (Å²) < 4.78 is 3.16. The molecule has 1 aromatic carbocycles. The second kappa shape index (κ2) is 6.56. The molecule has 3 aromatic rings. The Morgan fingerprint density at radius 2 is 2.14 bits per heavy atom. The number of hydrogen-bond donors (Lipinski definition) is 1. The van der Waals surface area contributed by atoms with E-state index in [1.807, 2.05) is 17.1 Å². The molecule has 2 aromatic heterocycles. The zero-order valence-corrected chi connectivity index (χ0v) is 14.1. The molecule has 0 fully saturated rings. The fourth-order valence-corrected chi connectivity index (χ4v) is 3.57. The third-order valence-corrected chi connectivity index (χ3v) is 5.10. The van der Waals surface area contributed by atoms with Crippen molar-refractivity contribution in [1.29, 1.82) is 0 Å². The van der Waals surface area contributed by atoms with Gasteiger partial charge in [-0.3, -0.25) is 0 Å². The second-order valence-corrected chi connectivity index (χ2v) is 6.81. The van der Waals surface area contributed by atoms with E-state index < -0.39 is 0 Å². The molecule has 3 nitrogen and oxygen atoms in total. The highest BCUT2D eigenvalue weighted by atomic mass is 79.9. The molecule has 5 heteroatoms. The van der Waals surface area contributed by atoms with Crippen LogP contribution in [0.15, 0.2) is 58.9 Å². The van der Waals surface area contributed by atoms with Gasteiger partial charge in [-0.15, -0.1) is 11.3 Å². The Bertz CT molecular complexity index is 689. The molecule has 0 aliphatic rings. The predicted molar refractivity (Wildman–Crippen MR) is 90.8 cm³/mol. The minimum Gasteiger partial charge on any atom is -0.306 e. The van der Waals surface area contributed by atoms with E-state index in [2.05, 4.69) is 68.9 Å². The predicted octanol–water partition coefficient (Wildman–Crippen LogP) is 4.55. The van der Waals surface area contributed by atoms with E-state index in [0.29, 0.717) is 6.04 Å². The van der Waals surface area contributed by atoms with Crippen LogP contribution in [0, 0.1) is 0 Å². The quantitative estimate of drug-likeness (QED) is 0.722. The van der Waals surface area contributed by atoms with E-state index in [9.17, 15) is 0 Å². The SMILES string of the molecule is CC(NCc1cc(Br)cs1)c1ccc(-n2ccnc2)cc1. The summed E-state index contributed by atoms with van der Waals surface area (Å²) in [7, 11) is 0. The van der Waals surface area contributed by atoms with Gasteiger partial charge in [0.25, 0.3) is 0 Å². The van der Waals surface area contributed by atoms with E-state index in [1.165, 1.54) is 10.4 Å². The summed E-state index contributed by atoms with van der Waals surface area (Å²) >= 11 is 5.25. The minimum atomic E-state index is 0.322. The van der Waals surface area contributed by atoms with Crippen molar-refractivity contribution in [2.24, 2.45) is 0 Å². The number of nitrogens with one attached hydrogen (secondary N) is 1. The Balaban J connectivity index is 1.63. The van der Waals surface area contributed by atoms with E-state index in [1.54, 1.807) is 17.5 Å². The molecule has 0 saturated heterocycles. The maximum Gasteiger partial charge on any atom is 0.0991 e. The van der Waals surface area contributed by atoms with Crippen molar-refractivity contribution >= 4 is 27.3 Å². The van der Waals surface area contributed by atoms with Gasteiger partial charge in [0.2, 0.25) is 0 Å². The van der Waals surface area contributed by atoms with Crippen molar-refractivity contribution in [3.05, 3.63) is 69.3 Å². The average molecular weight is 362 g/mol. The number of thiophene rings is 1.